The van der Waals surface area contributed by atoms with Crippen LogP contribution in [0.3, 0.4) is 0 Å². The van der Waals surface area contributed by atoms with Crippen molar-refractivity contribution >= 4 is 0 Å². The van der Waals surface area contributed by atoms with Crippen LogP contribution >= 0.6 is 0 Å². The minimum absolute atomic E-state index is 0.00219. The van der Waals surface area contributed by atoms with Gasteiger partial charge < -0.3 is 29.0 Å². The van der Waals surface area contributed by atoms with Crippen LogP contribution in [0.25, 0.3) is 0 Å². The molecule has 1 aliphatic rings. The minimum atomic E-state index is -0.0595. The highest BCUT2D eigenvalue weighted by atomic mass is 16.6. The summed E-state index contributed by atoms with van der Waals surface area (Å²) >= 11 is 0. The molecule has 6 heteroatoms. The molecule has 1 aliphatic heterocycles. The van der Waals surface area contributed by atoms with Crippen LogP contribution in [-0.2, 0) is 0 Å². The Hall–Kier alpha value is -2.60. The van der Waals surface area contributed by atoms with E-state index in [-0.39, 0.29) is 12.2 Å². The Labute approximate surface area is 166 Å². The average molecular weight is 387 g/mol. The van der Waals surface area contributed by atoms with E-state index in [0.717, 1.165) is 11.5 Å². The molecule has 0 saturated carbocycles. The van der Waals surface area contributed by atoms with Gasteiger partial charge in [0, 0.05) is 13.1 Å². The number of rotatable bonds is 9. The van der Waals surface area contributed by atoms with Crippen molar-refractivity contribution in [3.8, 4) is 28.7 Å². The summed E-state index contributed by atoms with van der Waals surface area (Å²) in [6, 6.07) is 13.4. The Morgan fingerprint density at radius 3 is 2.18 bits per heavy atom. The van der Waals surface area contributed by atoms with Crippen molar-refractivity contribution in [1.82, 2.24) is 5.32 Å². The summed E-state index contributed by atoms with van der Waals surface area (Å²) < 4.78 is 28.9. The number of methoxy groups -OCH3 is 2. The van der Waals surface area contributed by atoms with E-state index in [9.17, 15) is 0 Å². The molecule has 0 amide bonds. The molecular formula is C22H29NO5. The highest BCUT2D eigenvalue weighted by Gasteiger charge is 2.33. The van der Waals surface area contributed by atoms with E-state index in [1.54, 1.807) is 14.2 Å². The highest BCUT2D eigenvalue weighted by Crippen LogP contribution is 2.37. The van der Waals surface area contributed by atoms with Crippen molar-refractivity contribution in [3.63, 3.8) is 0 Å². The fourth-order valence-corrected chi connectivity index (χ4v) is 3.25. The average Bonchev–Trinajstić information content (AvgIpc) is 2.72. The van der Waals surface area contributed by atoms with Crippen LogP contribution in [0.5, 0.6) is 28.7 Å². The molecule has 1 N–H and O–H groups in total. The van der Waals surface area contributed by atoms with Gasteiger partial charge in [-0.1, -0.05) is 32.0 Å². The van der Waals surface area contributed by atoms with E-state index < -0.39 is 0 Å². The van der Waals surface area contributed by atoms with Crippen LogP contribution in [0.15, 0.2) is 42.5 Å². The van der Waals surface area contributed by atoms with Crippen LogP contribution in [0, 0.1) is 5.92 Å². The normalized spacial score (nSPS) is 18.0. The maximum atomic E-state index is 6.18. The third-order valence-corrected chi connectivity index (χ3v) is 4.67. The quantitative estimate of drug-likeness (QED) is 0.664. The van der Waals surface area contributed by atoms with Crippen molar-refractivity contribution in [2.24, 2.45) is 5.92 Å². The zero-order valence-electron chi connectivity index (χ0n) is 16.9. The zero-order valence-corrected chi connectivity index (χ0v) is 16.9. The van der Waals surface area contributed by atoms with Crippen LogP contribution in [0.1, 0.15) is 13.8 Å². The molecule has 2 aromatic carbocycles. The van der Waals surface area contributed by atoms with Gasteiger partial charge in [-0.25, -0.2) is 0 Å². The molecule has 28 heavy (non-hydrogen) atoms. The van der Waals surface area contributed by atoms with Crippen molar-refractivity contribution in [3.05, 3.63) is 42.5 Å². The van der Waals surface area contributed by atoms with Crippen molar-refractivity contribution in [1.29, 1.82) is 0 Å². The molecule has 0 radical (unpaired) electrons. The van der Waals surface area contributed by atoms with Crippen LogP contribution < -0.4 is 29.0 Å². The predicted molar refractivity (Wildman–Crippen MR) is 108 cm³/mol. The number of fused-ring (bicyclic) bond motifs is 1. The molecule has 0 aliphatic carbocycles. The van der Waals surface area contributed by atoms with Crippen molar-refractivity contribution < 1.29 is 23.7 Å². The first-order chi connectivity index (χ1) is 13.6. The largest absolute Gasteiger partial charge is 0.493 e. The van der Waals surface area contributed by atoms with Crippen molar-refractivity contribution in [2.45, 2.75) is 26.1 Å². The fraction of sp³-hybridized carbons (Fsp3) is 0.455. The minimum Gasteiger partial charge on any atom is -0.493 e. The Kier molecular flexibility index (Phi) is 6.87. The van der Waals surface area contributed by atoms with E-state index in [1.807, 2.05) is 42.5 Å². The molecule has 0 bridgehead atoms. The van der Waals surface area contributed by atoms with Gasteiger partial charge in [-0.3, -0.25) is 0 Å². The van der Waals surface area contributed by atoms with Gasteiger partial charge in [-0.15, -0.1) is 0 Å². The fourth-order valence-electron chi connectivity index (χ4n) is 3.25. The predicted octanol–water partition coefficient (Wildman–Crippen LogP) is 3.54. The maximum absolute atomic E-state index is 6.18. The van der Waals surface area contributed by atoms with Crippen LogP contribution in [0.4, 0.5) is 0 Å². The Bertz CT molecular complexity index is 742. The molecule has 0 spiro atoms. The summed E-state index contributed by atoms with van der Waals surface area (Å²) in [5.41, 5.74) is 0. The van der Waals surface area contributed by atoms with Gasteiger partial charge >= 0.3 is 0 Å². The number of benzene rings is 2. The second-order valence-corrected chi connectivity index (χ2v) is 6.97. The topological polar surface area (TPSA) is 58.2 Å². The van der Waals surface area contributed by atoms with Crippen LogP contribution in [0.2, 0.25) is 0 Å². The summed E-state index contributed by atoms with van der Waals surface area (Å²) in [5.74, 6) is 3.86. The number of hydrogen-bond donors (Lipinski definition) is 1. The van der Waals surface area contributed by atoms with Crippen LogP contribution in [-0.4, -0.2) is 46.1 Å². The standard InChI is InChI=1S/C22H29NO5/c1-15(2)21-20(27-16-8-5-6-9-17(16)28-21)14-23-12-13-26-22-18(24-3)10-7-11-19(22)25-4/h5-11,15,20-21,23H,12-14H2,1-4H3/t20-,21-/m1/s1. The molecule has 152 valence electrons. The molecule has 2 aromatic rings. The lowest BCUT2D eigenvalue weighted by molar-refractivity contribution is -0.00448. The third kappa shape index (κ3) is 4.62. The van der Waals surface area contributed by atoms with E-state index in [2.05, 4.69) is 19.2 Å². The van der Waals surface area contributed by atoms with E-state index in [4.69, 9.17) is 23.7 Å². The van der Waals surface area contributed by atoms with Gasteiger partial charge in [0.2, 0.25) is 5.75 Å². The van der Waals surface area contributed by atoms with Gasteiger partial charge in [0.25, 0.3) is 0 Å². The molecule has 3 rings (SSSR count). The Balaban J connectivity index is 1.52. The zero-order chi connectivity index (χ0) is 19.9. The lowest BCUT2D eigenvalue weighted by Gasteiger charge is -2.36. The Morgan fingerprint density at radius 1 is 0.929 bits per heavy atom. The third-order valence-electron chi connectivity index (χ3n) is 4.67. The van der Waals surface area contributed by atoms with Crippen molar-refractivity contribution in [2.75, 3.05) is 33.9 Å². The summed E-state index contributed by atoms with van der Waals surface area (Å²) in [4.78, 5) is 0. The molecule has 6 nitrogen and oxygen atoms in total. The smallest absolute Gasteiger partial charge is 0.203 e. The van der Waals surface area contributed by atoms with Gasteiger partial charge in [0.05, 0.1) is 14.2 Å². The molecule has 0 saturated heterocycles. The number of nitrogens with one attached hydrogen (secondary N) is 1. The first kappa shape index (κ1) is 20.1. The number of hydrogen-bond acceptors (Lipinski definition) is 6. The Morgan fingerprint density at radius 2 is 1.57 bits per heavy atom. The SMILES string of the molecule is COc1cccc(OC)c1OCCNC[C@H]1Oc2ccccc2O[C@@H]1C(C)C. The summed E-state index contributed by atoms with van der Waals surface area (Å²) in [5, 5.41) is 3.40. The molecule has 2 atom stereocenters. The lowest BCUT2D eigenvalue weighted by Crippen LogP contribution is -2.49. The first-order valence-corrected chi connectivity index (χ1v) is 9.61. The van der Waals surface area contributed by atoms with Gasteiger partial charge in [-0.05, 0) is 30.2 Å². The summed E-state index contributed by atoms with van der Waals surface area (Å²) in [7, 11) is 3.23. The highest BCUT2D eigenvalue weighted by molar-refractivity contribution is 5.51. The van der Waals surface area contributed by atoms with E-state index >= 15 is 0 Å². The molecule has 0 aromatic heterocycles. The van der Waals surface area contributed by atoms with Gasteiger partial charge in [-0.2, -0.15) is 0 Å². The molecule has 1 heterocycles. The molecular weight excluding hydrogens is 358 g/mol. The second-order valence-electron chi connectivity index (χ2n) is 6.97. The monoisotopic (exact) mass is 387 g/mol. The summed E-state index contributed by atoms with van der Waals surface area (Å²) in [6.07, 6.45) is -0.0617. The van der Waals surface area contributed by atoms with Gasteiger partial charge in [0.15, 0.2) is 23.0 Å². The maximum Gasteiger partial charge on any atom is 0.203 e. The molecule has 0 fully saturated rings. The lowest BCUT2D eigenvalue weighted by atomic mass is 10.00. The van der Waals surface area contributed by atoms with E-state index in [0.29, 0.717) is 42.9 Å². The number of para-hydroxylation sites is 3. The van der Waals surface area contributed by atoms with Gasteiger partial charge in [0.1, 0.15) is 18.8 Å². The number of ether oxygens (including phenoxy) is 5. The molecule has 0 unspecified atom stereocenters. The summed E-state index contributed by atoms with van der Waals surface area (Å²) in [6.45, 7) is 6.10. The first-order valence-electron chi connectivity index (χ1n) is 9.61. The van der Waals surface area contributed by atoms with E-state index in [1.165, 1.54) is 0 Å². The second kappa shape index (κ2) is 9.55.